The Hall–Kier alpha value is -4.37. The van der Waals surface area contributed by atoms with Crippen LogP contribution in [0.15, 0.2) is 55.3 Å². The number of rotatable bonds is 9. The molecule has 11 nitrogen and oxygen atoms in total. The number of aromatic nitrogens is 2. The molecule has 224 valence electrons. The molecule has 0 bridgehead atoms. The number of ether oxygens (including phenoxy) is 1. The monoisotopic (exact) mass is 601 g/mol. The summed E-state index contributed by atoms with van der Waals surface area (Å²) in [5, 5.41) is 9.59. The van der Waals surface area contributed by atoms with Gasteiger partial charge in [0.2, 0.25) is 17.5 Å². The standard InChI is InChI=1S/C31H36ClN9O2/c1-5-29(42)35-25-18-26(37-31-34-20-22(32)30(38-31)36-24-9-7-6-8-23(24)33-2)28(43-4)19-27(25)41-16-14-40(15-17-41)21-10-12-39(3)13-11-21/h5-9,18-21H,1,10-17H2,3-4H3,(H,35,42)(H2,34,36,37,38). The minimum atomic E-state index is -0.310. The van der Waals surface area contributed by atoms with Crippen LogP contribution in [0.5, 0.6) is 5.75 Å². The Morgan fingerprint density at radius 2 is 1.84 bits per heavy atom. The Morgan fingerprint density at radius 1 is 1.09 bits per heavy atom. The fourth-order valence-electron chi connectivity index (χ4n) is 5.51. The number of halogens is 1. The van der Waals surface area contributed by atoms with Gasteiger partial charge in [-0.15, -0.1) is 0 Å². The van der Waals surface area contributed by atoms with E-state index in [1.807, 2.05) is 18.2 Å². The number of nitrogens with zero attached hydrogens (tertiary/aromatic N) is 6. The average molecular weight is 602 g/mol. The van der Waals surface area contributed by atoms with Crippen LogP contribution in [-0.2, 0) is 4.79 Å². The first-order valence-corrected chi connectivity index (χ1v) is 14.6. The van der Waals surface area contributed by atoms with Gasteiger partial charge in [-0.1, -0.05) is 36.4 Å². The average Bonchev–Trinajstić information content (AvgIpc) is 3.03. The number of carbonyl (C=O) groups excluding carboxylic acids is 1. The summed E-state index contributed by atoms with van der Waals surface area (Å²) in [6.45, 7) is 16.9. The molecule has 0 radical (unpaired) electrons. The Bertz CT molecular complexity index is 1510. The predicted octanol–water partition coefficient (Wildman–Crippen LogP) is 5.52. The van der Waals surface area contributed by atoms with E-state index < -0.39 is 0 Å². The van der Waals surface area contributed by atoms with Gasteiger partial charge in [0.05, 0.1) is 36.9 Å². The van der Waals surface area contributed by atoms with E-state index in [4.69, 9.17) is 22.9 Å². The van der Waals surface area contributed by atoms with E-state index in [1.54, 1.807) is 25.3 Å². The number of para-hydroxylation sites is 2. The molecule has 1 amide bonds. The molecule has 3 N–H and O–H groups in total. The van der Waals surface area contributed by atoms with Gasteiger partial charge in [-0.25, -0.2) is 9.83 Å². The summed E-state index contributed by atoms with van der Waals surface area (Å²) in [7, 11) is 3.78. The molecule has 2 fully saturated rings. The van der Waals surface area contributed by atoms with E-state index >= 15 is 0 Å². The van der Waals surface area contributed by atoms with Crippen molar-refractivity contribution in [3.8, 4) is 5.75 Å². The van der Waals surface area contributed by atoms with Crippen molar-refractivity contribution in [3.05, 3.63) is 71.7 Å². The van der Waals surface area contributed by atoms with E-state index in [2.05, 4.69) is 59.1 Å². The number of anilines is 6. The number of hydrogen-bond donors (Lipinski definition) is 3. The van der Waals surface area contributed by atoms with Crippen molar-refractivity contribution in [2.45, 2.75) is 18.9 Å². The highest BCUT2D eigenvalue weighted by Gasteiger charge is 2.28. The fourth-order valence-corrected chi connectivity index (χ4v) is 5.65. The molecular weight excluding hydrogens is 566 g/mol. The smallest absolute Gasteiger partial charge is 0.247 e. The second kappa shape index (κ2) is 13.7. The van der Waals surface area contributed by atoms with Crippen molar-refractivity contribution in [1.82, 2.24) is 19.8 Å². The number of likely N-dealkylation sites (tertiary alicyclic amines) is 1. The molecule has 0 saturated carbocycles. The van der Waals surface area contributed by atoms with Crippen LogP contribution in [0, 0.1) is 6.57 Å². The minimum Gasteiger partial charge on any atom is -0.494 e. The molecule has 3 heterocycles. The summed E-state index contributed by atoms with van der Waals surface area (Å²) in [5.41, 5.74) is 3.08. The first kappa shape index (κ1) is 30.1. The summed E-state index contributed by atoms with van der Waals surface area (Å²) in [5.74, 6) is 0.852. The first-order chi connectivity index (χ1) is 20.9. The van der Waals surface area contributed by atoms with E-state index in [-0.39, 0.29) is 11.9 Å². The maximum atomic E-state index is 12.5. The largest absolute Gasteiger partial charge is 0.494 e. The summed E-state index contributed by atoms with van der Waals surface area (Å²) in [6, 6.07) is 11.5. The fraction of sp³-hybridized carbons (Fsp3) is 0.355. The topological polar surface area (TPSA) is 102 Å². The van der Waals surface area contributed by atoms with Crippen LogP contribution < -0.4 is 25.6 Å². The SMILES string of the molecule is [C-]#[N+]c1ccccc1Nc1nc(Nc2cc(NC(=O)C=C)c(N3CCN(C4CCN(C)CC4)CC3)cc2OC)ncc1Cl. The van der Waals surface area contributed by atoms with Crippen LogP contribution in [0.25, 0.3) is 4.85 Å². The van der Waals surface area contributed by atoms with E-state index in [0.29, 0.717) is 45.4 Å². The Balaban J connectivity index is 1.38. The van der Waals surface area contributed by atoms with Crippen molar-refractivity contribution >= 4 is 57.7 Å². The minimum absolute atomic E-state index is 0.256. The van der Waals surface area contributed by atoms with Gasteiger partial charge in [0, 0.05) is 44.0 Å². The zero-order valence-electron chi connectivity index (χ0n) is 24.4. The number of benzene rings is 2. The van der Waals surface area contributed by atoms with Gasteiger partial charge >= 0.3 is 0 Å². The van der Waals surface area contributed by atoms with Crippen molar-refractivity contribution in [1.29, 1.82) is 0 Å². The molecule has 2 aliphatic heterocycles. The van der Waals surface area contributed by atoms with Crippen molar-refractivity contribution in [2.24, 2.45) is 0 Å². The third-order valence-electron chi connectivity index (χ3n) is 7.89. The van der Waals surface area contributed by atoms with Crippen molar-refractivity contribution in [2.75, 3.05) is 74.3 Å². The van der Waals surface area contributed by atoms with Gasteiger partial charge in [0.15, 0.2) is 5.82 Å². The molecule has 0 atom stereocenters. The third-order valence-corrected chi connectivity index (χ3v) is 8.17. The Labute approximate surface area is 257 Å². The summed E-state index contributed by atoms with van der Waals surface area (Å²) >= 11 is 6.39. The molecule has 5 rings (SSSR count). The van der Waals surface area contributed by atoms with Crippen LogP contribution in [0.1, 0.15) is 12.8 Å². The van der Waals surface area contributed by atoms with Crippen LogP contribution in [0.4, 0.5) is 40.2 Å². The highest BCUT2D eigenvalue weighted by Crippen LogP contribution is 2.39. The first-order valence-electron chi connectivity index (χ1n) is 14.2. The maximum Gasteiger partial charge on any atom is 0.247 e. The molecule has 0 spiro atoms. The summed E-state index contributed by atoms with van der Waals surface area (Å²) in [6.07, 6.45) is 5.12. The molecule has 1 aromatic heterocycles. The Morgan fingerprint density at radius 3 is 2.53 bits per heavy atom. The zero-order valence-corrected chi connectivity index (χ0v) is 25.2. The lowest BCUT2D eigenvalue weighted by atomic mass is 10.0. The predicted molar refractivity (Wildman–Crippen MR) is 172 cm³/mol. The second-order valence-electron chi connectivity index (χ2n) is 10.6. The molecule has 0 aliphatic carbocycles. The lowest BCUT2D eigenvalue weighted by molar-refractivity contribution is -0.111. The molecule has 12 heteroatoms. The Kier molecular flexibility index (Phi) is 9.61. The van der Waals surface area contributed by atoms with E-state index in [9.17, 15) is 4.79 Å². The number of methoxy groups -OCH3 is 1. The van der Waals surface area contributed by atoms with Gasteiger partial charge in [-0.2, -0.15) is 4.98 Å². The van der Waals surface area contributed by atoms with Gasteiger partial charge < -0.3 is 30.5 Å². The lowest BCUT2D eigenvalue weighted by Gasteiger charge is -2.43. The molecule has 2 saturated heterocycles. The summed E-state index contributed by atoms with van der Waals surface area (Å²) < 4.78 is 5.77. The normalized spacial score (nSPS) is 16.3. The molecule has 43 heavy (non-hydrogen) atoms. The summed E-state index contributed by atoms with van der Waals surface area (Å²) in [4.78, 5) is 32.2. The lowest BCUT2D eigenvalue weighted by Crippen LogP contribution is -2.53. The maximum absolute atomic E-state index is 12.5. The van der Waals surface area contributed by atoms with Crippen LogP contribution in [-0.4, -0.2) is 85.1 Å². The number of carbonyl (C=O) groups is 1. The quantitative estimate of drug-likeness (QED) is 0.216. The number of piperidine rings is 1. The molecule has 0 unspecified atom stereocenters. The van der Waals surface area contributed by atoms with Crippen molar-refractivity contribution in [3.63, 3.8) is 0 Å². The zero-order chi connectivity index (χ0) is 30.3. The number of nitrogens with one attached hydrogen (secondary N) is 3. The molecule has 2 aliphatic rings. The second-order valence-corrected chi connectivity index (χ2v) is 11.0. The third kappa shape index (κ3) is 7.17. The molecular formula is C31H36ClN9O2. The van der Waals surface area contributed by atoms with E-state index in [1.165, 1.54) is 25.1 Å². The van der Waals surface area contributed by atoms with E-state index in [0.717, 1.165) is 45.0 Å². The van der Waals surface area contributed by atoms with Gasteiger partial charge in [0.1, 0.15) is 10.8 Å². The van der Waals surface area contributed by atoms with Crippen molar-refractivity contribution < 1.29 is 9.53 Å². The number of amides is 1. The highest BCUT2D eigenvalue weighted by molar-refractivity contribution is 6.33. The molecule has 3 aromatic rings. The van der Waals surface area contributed by atoms with Gasteiger partial charge in [-0.05, 0) is 51.2 Å². The highest BCUT2D eigenvalue weighted by atomic mass is 35.5. The van der Waals surface area contributed by atoms with Crippen LogP contribution >= 0.6 is 11.6 Å². The van der Waals surface area contributed by atoms with Gasteiger partial charge in [0.25, 0.3) is 0 Å². The van der Waals surface area contributed by atoms with Crippen LogP contribution in [0.2, 0.25) is 5.02 Å². The number of piperazine rings is 1. The number of hydrogen-bond acceptors (Lipinski definition) is 9. The van der Waals surface area contributed by atoms with Gasteiger partial charge in [-0.3, -0.25) is 9.69 Å². The molecule has 2 aromatic carbocycles. The van der Waals surface area contributed by atoms with Crippen LogP contribution in [0.3, 0.4) is 0 Å².